The van der Waals surface area contributed by atoms with Crippen molar-refractivity contribution in [2.75, 3.05) is 0 Å². The van der Waals surface area contributed by atoms with Gasteiger partial charge in [-0.05, 0) is 74.7 Å². The summed E-state index contributed by atoms with van der Waals surface area (Å²) in [4.78, 5) is 15.9. The minimum atomic E-state index is -0.500. The number of rotatable bonds is 10. The topological polar surface area (TPSA) is 56.7 Å². The van der Waals surface area contributed by atoms with Crippen LogP contribution in [0.5, 0.6) is 0 Å². The fourth-order valence-corrected chi connectivity index (χ4v) is 8.76. The Labute approximate surface area is 355 Å². The summed E-state index contributed by atoms with van der Waals surface area (Å²) < 4.78 is 9.02. The summed E-state index contributed by atoms with van der Waals surface area (Å²) in [7, 11) is 0. The molecule has 0 radical (unpaired) electrons. The minimum Gasteiger partial charge on any atom is -0.456 e. The Morgan fingerprint density at radius 3 is 1.79 bits per heavy atom. The molecule has 0 fully saturated rings. The van der Waals surface area contributed by atoms with Crippen LogP contribution in [0.2, 0.25) is 0 Å². The number of aromatic nitrogens is 4. The summed E-state index contributed by atoms with van der Waals surface area (Å²) in [5, 5.41) is 4.51. The number of para-hydroxylation sites is 2. The van der Waals surface area contributed by atoms with Crippen molar-refractivity contribution in [3.63, 3.8) is 0 Å². The van der Waals surface area contributed by atoms with Gasteiger partial charge in [0.1, 0.15) is 17.0 Å². The zero-order valence-electron chi connectivity index (χ0n) is 34.5. The lowest BCUT2D eigenvalue weighted by molar-refractivity contribution is 0.558. The van der Waals surface area contributed by atoms with Gasteiger partial charge in [-0.1, -0.05) is 164 Å². The lowest BCUT2D eigenvalue weighted by Gasteiger charge is -2.24. The molecular formula is C56H44N4O. The van der Waals surface area contributed by atoms with E-state index in [0.29, 0.717) is 23.9 Å². The minimum absolute atomic E-state index is 0.500. The van der Waals surface area contributed by atoms with E-state index in [0.717, 1.165) is 77.4 Å². The summed E-state index contributed by atoms with van der Waals surface area (Å²) in [6.45, 7) is 6.29. The van der Waals surface area contributed by atoms with Gasteiger partial charge in [0, 0.05) is 43.8 Å². The van der Waals surface area contributed by atoms with E-state index in [9.17, 15) is 0 Å². The van der Waals surface area contributed by atoms with Gasteiger partial charge in [0.25, 0.3) is 0 Å². The first-order valence-corrected chi connectivity index (χ1v) is 20.9. The molecule has 1 unspecified atom stereocenters. The first kappa shape index (κ1) is 37.6. The molecule has 10 aromatic rings. The molecule has 0 saturated heterocycles. The molecule has 294 valence electrons. The molecule has 61 heavy (non-hydrogen) atoms. The van der Waals surface area contributed by atoms with Gasteiger partial charge in [0.2, 0.25) is 0 Å². The number of nitrogens with zero attached hydrogens (tertiary/aromatic N) is 4. The number of allylic oxidation sites excluding steroid dienone is 6. The SMILES string of the molecule is C/C=C\C=C/CC(C)(/C=C\C)c1nc(-c2ccccc2)nc(-c2cc(-c3ccccc3)c(-n3c4ccccc4c4ccc5oc6ccccc6c5c43)c(-c3ccccc3)c2)n1. The predicted molar refractivity (Wildman–Crippen MR) is 254 cm³/mol. The van der Waals surface area contributed by atoms with Crippen LogP contribution in [0.1, 0.15) is 33.0 Å². The van der Waals surface area contributed by atoms with Gasteiger partial charge >= 0.3 is 0 Å². The summed E-state index contributed by atoms with van der Waals surface area (Å²) >= 11 is 0. The van der Waals surface area contributed by atoms with Gasteiger partial charge in [-0.2, -0.15) is 0 Å². The van der Waals surface area contributed by atoms with Crippen LogP contribution in [0.25, 0.3) is 94.5 Å². The molecule has 0 aliphatic carbocycles. The zero-order valence-corrected chi connectivity index (χ0v) is 34.5. The van der Waals surface area contributed by atoms with Crippen LogP contribution in [0.3, 0.4) is 0 Å². The van der Waals surface area contributed by atoms with E-state index in [1.165, 1.54) is 5.39 Å². The normalized spacial score (nSPS) is 13.2. The van der Waals surface area contributed by atoms with Crippen molar-refractivity contribution >= 4 is 43.7 Å². The first-order chi connectivity index (χ1) is 30.0. The molecule has 0 saturated carbocycles. The third-order valence-electron chi connectivity index (χ3n) is 11.6. The molecule has 10 rings (SSSR count). The smallest absolute Gasteiger partial charge is 0.163 e. The van der Waals surface area contributed by atoms with E-state index < -0.39 is 5.41 Å². The largest absolute Gasteiger partial charge is 0.456 e. The van der Waals surface area contributed by atoms with Crippen LogP contribution in [0, 0.1) is 0 Å². The molecule has 0 N–H and O–H groups in total. The fourth-order valence-electron chi connectivity index (χ4n) is 8.76. The van der Waals surface area contributed by atoms with Crippen molar-refractivity contribution in [2.45, 2.75) is 32.6 Å². The predicted octanol–water partition coefficient (Wildman–Crippen LogP) is 14.9. The highest BCUT2D eigenvalue weighted by Gasteiger charge is 2.29. The molecule has 0 spiro atoms. The summed E-state index contributed by atoms with van der Waals surface area (Å²) in [6, 6.07) is 57.6. The molecule has 5 heteroatoms. The number of fused-ring (bicyclic) bond motifs is 7. The van der Waals surface area contributed by atoms with Crippen LogP contribution < -0.4 is 0 Å². The monoisotopic (exact) mass is 788 g/mol. The van der Waals surface area contributed by atoms with Gasteiger partial charge < -0.3 is 8.98 Å². The molecule has 1 atom stereocenters. The molecule has 0 amide bonds. The Bertz CT molecular complexity index is 3240. The average Bonchev–Trinajstić information content (AvgIpc) is 3.86. The Kier molecular flexibility index (Phi) is 9.78. The van der Waals surface area contributed by atoms with E-state index >= 15 is 0 Å². The molecule has 7 aromatic carbocycles. The second-order valence-electron chi connectivity index (χ2n) is 15.7. The van der Waals surface area contributed by atoms with Crippen LogP contribution in [-0.4, -0.2) is 19.5 Å². The standard InChI is InChI=1S/C56H44N4O/c1-4-6-7-21-35-56(3,34-5-2)55-58-53(40-26-15-10-16-27-40)57-54(59-55)41-36-45(38-22-11-8-12-23-38)51(46(37-41)39-24-13-9-14-25-39)60-47-30-19-17-28-42(47)43-32-33-49-50(52(43)60)44-29-18-20-31-48(44)61-49/h4-34,36-37H,35H2,1-3H3/b6-4-,21-7-,34-5-. The van der Waals surface area contributed by atoms with Crippen molar-refractivity contribution < 1.29 is 4.42 Å². The van der Waals surface area contributed by atoms with Gasteiger partial charge in [-0.3, -0.25) is 0 Å². The molecular weight excluding hydrogens is 745 g/mol. The van der Waals surface area contributed by atoms with Gasteiger partial charge in [0.05, 0.1) is 22.1 Å². The van der Waals surface area contributed by atoms with Gasteiger partial charge in [0.15, 0.2) is 11.6 Å². The fraction of sp³-hybridized carbons (Fsp3) is 0.0893. The Balaban J connectivity index is 1.34. The highest BCUT2D eigenvalue weighted by atomic mass is 16.3. The Morgan fingerprint density at radius 1 is 0.541 bits per heavy atom. The lowest BCUT2D eigenvalue weighted by atomic mass is 9.84. The van der Waals surface area contributed by atoms with Gasteiger partial charge in [-0.25, -0.2) is 15.0 Å². The highest BCUT2D eigenvalue weighted by Crippen LogP contribution is 2.46. The Morgan fingerprint density at radius 2 is 1.13 bits per heavy atom. The maximum absolute atomic E-state index is 6.55. The quantitative estimate of drug-likeness (QED) is 0.102. The van der Waals surface area contributed by atoms with Crippen LogP contribution >= 0.6 is 0 Å². The second-order valence-corrected chi connectivity index (χ2v) is 15.7. The summed E-state index contributed by atoms with van der Waals surface area (Å²) in [6.07, 6.45) is 13.4. The zero-order chi connectivity index (χ0) is 41.3. The Hall–Kier alpha value is -7.63. The van der Waals surface area contributed by atoms with Crippen molar-refractivity contribution in [1.82, 2.24) is 19.5 Å². The molecule has 0 aliphatic rings. The first-order valence-electron chi connectivity index (χ1n) is 20.9. The van der Waals surface area contributed by atoms with Crippen LogP contribution in [-0.2, 0) is 5.41 Å². The number of benzene rings is 7. The van der Waals surface area contributed by atoms with Crippen LogP contribution in [0.15, 0.2) is 205 Å². The van der Waals surface area contributed by atoms with Crippen molar-refractivity contribution in [1.29, 1.82) is 0 Å². The number of furan rings is 1. The molecule has 0 aliphatic heterocycles. The van der Waals surface area contributed by atoms with E-state index in [2.05, 4.69) is 188 Å². The second kappa shape index (κ2) is 15.9. The lowest BCUT2D eigenvalue weighted by Crippen LogP contribution is -2.23. The van der Waals surface area contributed by atoms with Crippen molar-refractivity contribution in [3.8, 4) is 50.7 Å². The number of hydrogen-bond acceptors (Lipinski definition) is 4. The molecule has 3 aromatic heterocycles. The third kappa shape index (κ3) is 6.74. The maximum atomic E-state index is 6.55. The van der Waals surface area contributed by atoms with E-state index in [-0.39, 0.29) is 0 Å². The van der Waals surface area contributed by atoms with Gasteiger partial charge in [-0.15, -0.1) is 0 Å². The van der Waals surface area contributed by atoms with Crippen molar-refractivity contribution in [2.24, 2.45) is 0 Å². The number of hydrogen-bond donors (Lipinski definition) is 0. The van der Waals surface area contributed by atoms with E-state index in [1.54, 1.807) is 0 Å². The van der Waals surface area contributed by atoms with Crippen molar-refractivity contribution in [3.05, 3.63) is 206 Å². The molecule has 0 bridgehead atoms. The van der Waals surface area contributed by atoms with E-state index in [4.69, 9.17) is 19.4 Å². The third-order valence-corrected chi connectivity index (χ3v) is 11.6. The average molecular weight is 789 g/mol. The van der Waals surface area contributed by atoms with Crippen LogP contribution in [0.4, 0.5) is 0 Å². The highest BCUT2D eigenvalue weighted by molar-refractivity contribution is 6.25. The summed E-state index contributed by atoms with van der Waals surface area (Å²) in [5.74, 6) is 1.96. The van der Waals surface area contributed by atoms with E-state index in [1.807, 2.05) is 37.3 Å². The molecule has 5 nitrogen and oxygen atoms in total. The maximum Gasteiger partial charge on any atom is 0.163 e. The summed E-state index contributed by atoms with van der Waals surface area (Å²) in [5.41, 5.74) is 10.6. The molecule has 3 heterocycles.